The average Bonchev–Trinajstić information content (AvgIpc) is 2.01. The molecule has 1 rings (SSSR count). The zero-order valence-electron chi connectivity index (χ0n) is 7.25. The van der Waals surface area contributed by atoms with Crippen molar-refractivity contribution in [3.8, 4) is 0 Å². The minimum atomic E-state index is -2.73. The predicted molar refractivity (Wildman–Crippen MR) is 72.6 cm³/mol. The highest BCUT2D eigenvalue weighted by atomic mass is 35.8. The van der Waals surface area contributed by atoms with Crippen LogP contribution in [0.15, 0.2) is 0 Å². The Morgan fingerprint density at radius 3 is 1.14 bits per heavy atom. The van der Waals surface area contributed by atoms with Crippen LogP contribution in [0.5, 0.6) is 0 Å². The highest BCUT2D eigenvalue weighted by molar-refractivity contribution is 7.68. The van der Waals surface area contributed by atoms with Gasteiger partial charge in [0.25, 0.3) is 0 Å². The largest absolute Gasteiger partial charge is 0.344 e. The second-order valence-corrected chi connectivity index (χ2v) is 21.4. The molecular formula is C6H10Cl6Si2. The SMILES string of the molecule is Cl[Si](Cl)(Cl)C1CCCCC1[Si](Cl)(Cl)Cl. The van der Waals surface area contributed by atoms with Crippen molar-refractivity contribution in [3.63, 3.8) is 0 Å². The van der Waals surface area contributed by atoms with Crippen LogP contribution >= 0.6 is 66.5 Å². The molecule has 0 N–H and O–H groups in total. The van der Waals surface area contributed by atoms with Crippen LogP contribution < -0.4 is 0 Å². The molecule has 8 heteroatoms. The van der Waals surface area contributed by atoms with Crippen LogP contribution in [-0.4, -0.2) is 12.0 Å². The summed E-state index contributed by atoms with van der Waals surface area (Å²) in [6.45, 7) is 0. The maximum absolute atomic E-state index is 6.03. The second-order valence-electron chi connectivity index (χ2n) is 3.58. The summed E-state index contributed by atoms with van der Waals surface area (Å²) in [4.78, 5) is 0. The van der Waals surface area contributed by atoms with Gasteiger partial charge in [-0.2, -0.15) is 0 Å². The summed E-state index contributed by atoms with van der Waals surface area (Å²) in [6.07, 6.45) is 3.96. The van der Waals surface area contributed by atoms with Crippen molar-refractivity contribution in [1.82, 2.24) is 0 Å². The van der Waals surface area contributed by atoms with Crippen LogP contribution in [0, 0.1) is 0 Å². The molecule has 0 amide bonds. The molecule has 1 saturated carbocycles. The maximum Gasteiger partial charge on any atom is 0.344 e. The Bertz CT molecular complexity index is 175. The Hall–Kier alpha value is 2.17. The molecule has 14 heavy (non-hydrogen) atoms. The van der Waals surface area contributed by atoms with Gasteiger partial charge in [-0.25, -0.2) is 0 Å². The van der Waals surface area contributed by atoms with Gasteiger partial charge in [-0.15, -0.1) is 66.5 Å². The van der Waals surface area contributed by atoms with Gasteiger partial charge in [0, 0.05) is 0 Å². The Labute approximate surface area is 114 Å². The van der Waals surface area contributed by atoms with Crippen molar-refractivity contribution in [3.05, 3.63) is 0 Å². The standard InChI is InChI=1S/C6H10Cl6Si2/c7-13(8,9)5-3-1-2-4-6(5)14(10,11)12/h5-6H,1-4H2. The molecule has 0 aromatic rings. The van der Waals surface area contributed by atoms with Crippen LogP contribution in [0.1, 0.15) is 25.7 Å². The topological polar surface area (TPSA) is 0 Å². The summed E-state index contributed by atoms with van der Waals surface area (Å²) < 4.78 is 0. The van der Waals surface area contributed by atoms with E-state index in [0.717, 1.165) is 25.7 Å². The summed E-state index contributed by atoms with van der Waals surface area (Å²) >= 11 is 36.2. The van der Waals surface area contributed by atoms with Gasteiger partial charge in [-0.05, 0) is 23.9 Å². The molecule has 0 radical (unpaired) electrons. The molecule has 1 aliphatic rings. The second kappa shape index (κ2) is 5.22. The van der Waals surface area contributed by atoms with Crippen molar-refractivity contribution in [2.24, 2.45) is 0 Å². The molecule has 1 aliphatic carbocycles. The van der Waals surface area contributed by atoms with E-state index in [9.17, 15) is 0 Å². The minimum absolute atomic E-state index is 0.0282. The molecule has 0 heterocycles. The first-order valence-corrected chi connectivity index (χ1v) is 14.6. The molecule has 0 bridgehead atoms. The van der Waals surface area contributed by atoms with E-state index >= 15 is 0 Å². The number of halogens is 6. The van der Waals surface area contributed by atoms with E-state index in [0.29, 0.717) is 0 Å². The lowest BCUT2D eigenvalue weighted by atomic mass is 9.99. The monoisotopic (exact) mass is 348 g/mol. The molecule has 0 aliphatic heterocycles. The van der Waals surface area contributed by atoms with Gasteiger partial charge in [-0.1, -0.05) is 12.8 Å². The molecule has 0 aromatic carbocycles. The van der Waals surface area contributed by atoms with Crippen molar-refractivity contribution in [2.45, 2.75) is 36.8 Å². The van der Waals surface area contributed by atoms with Crippen LogP contribution in [0.4, 0.5) is 0 Å². The molecule has 1 fully saturated rings. The fourth-order valence-electron chi connectivity index (χ4n) is 1.91. The smallest absolute Gasteiger partial charge is 0.126 e. The zero-order valence-corrected chi connectivity index (χ0v) is 13.8. The lowest BCUT2D eigenvalue weighted by Crippen LogP contribution is -2.35. The number of rotatable bonds is 2. The first-order valence-electron chi connectivity index (χ1n) is 4.36. The molecule has 0 nitrogen and oxygen atoms in total. The van der Waals surface area contributed by atoms with Gasteiger partial charge in [0.15, 0.2) is 0 Å². The van der Waals surface area contributed by atoms with Crippen LogP contribution in [-0.2, 0) is 0 Å². The van der Waals surface area contributed by atoms with Crippen LogP contribution in [0.25, 0.3) is 0 Å². The van der Waals surface area contributed by atoms with E-state index in [1.165, 1.54) is 0 Å². The van der Waals surface area contributed by atoms with Crippen molar-refractivity contribution in [1.29, 1.82) is 0 Å². The molecule has 2 atom stereocenters. The van der Waals surface area contributed by atoms with E-state index in [1.807, 2.05) is 0 Å². The summed E-state index contributed by atoms with van der Waals surface area (Å²) in [7, 11) is 0. The van der Waals surface area contributed by atoms with E-state index in [4.69, 9.17) is 66.5 Å². The lowest BCUT2D eigenvalue weighted by molar-refractivity contribution is 0.496. The third-order valence-corrected chi connectivity index (χ3v) is 11.0. The van der Waals surface area contributed by atoms with E-state index in [-0.39, 0.29) is 11.1 Å². The predicted octanol–water partition coefficient (Wildman–Crippen LogP) is 5.61. The van der Waals surface area contributed by atoms with Crippen molar-refractivity contribution in [2.75, 3.05) is 0 Å². The summed E-state index contributed by atoms with van der Waals surface area (Å²) in [5.41, 5.74) is 0.0563. The Balaban J connectivity index is 2.80. The van der Waals surface area contributed by atoms with Crippen molar-refractivity contribution < 1.29 is 0 Å². The van der Waals surface area contributed by atoms with Crippen molar-refractivity contribution >= 4 is 78.5 Å². The fourth-order valence-corrected chi connectivity index (χ4v) is 12.3. The molecule has 0 saturated heterocycles. The third kappa shape index (κ3) is 3.88. The first-order chi connectivity index (χ1) is 6.23. The molecule has 0 spiro atoms. The van der Waals surface area contributed by atoms with Crippen LogP contribution in [0.2, 0.25) is 11.1 Å². The van der Waals surface area contributed by atoms with Gasteiger partial charge >= 0.3 is 12.0 Å². The van der Waals surface area contributed by atoms with Gasteiger partial charge in [0.2, 0.25) is 0 Å². The highest BCUT2D eigenvalue weighted by Crippen LogP contribution is 2.56. The maximum atomic E-state index is 6.03. The zero-order chi connectivity index (χ0) is 11.0. The Morgan fingerprint density at radius 1 is 0.643 bits per heavy atom. The van der Waals surface area contributed by atoms with Crippen LogP contribution in [0.3, 0.4) is 0 Å². The minimum Gasteiger partial charge on any atom is -0.126 e. The number of hydrogen-bond acceptors (Lipinski definition) is 0. The molecular weight excluding hydrogens is 341 g/mol. The highest BCUT2D eigenvalue weighted by Gasteiger charge is 2.51. The number of hydrogen-bond donors (Lipinski definition) is 0. The normalized spacial score (nSPS) is 30.4. The van der Waals surface area contributed by atoms with E-state index in [1.54, 1.807) is 0 Å². The van der Waals surface area contributed by atoms with Gasteiger partial charge < -0.3 is 0 Å². The molecule has 84 valence electrons. The van der Waals surface area contributed by atoms with E-state index in [2.05, 4.69) is 0 Å². The fraction of sp³-hybridized carbons (Fsp3) is 1.00. The van der Waals surface area contributed by atoms with Gasteiger partial charge in [0.05, 0.1) is 0 Å². The summed E-state index contributed by atoms with van der Waals surface area (Å²) in [6, 6.07) is -5.46. The Morgan fingerprint density at radius 2 is 0.929 bits per heavy atom. The third-order valence-electron chi connectivity index (χ3n) is 2.61. The quantitative estimate of drug-likeness (QED) is 0.448. The summed E-state index contributed by atoms with van der Waals surface area (Å²) in [5.74, 6) is 0. The first kappa shape index (κ1) is 14.2. The van der Waals surface area contributed by atoms with Gasteiger partial charge in [0.1, 0.15) is 0 Å². The lowest BCUT2D eigenvalue weighted by Gasteiger charge is -2.37. The molecule has 0 aromatic heterocycles. The van der Waals surface area contributed by atoms with E-state index < -0.39 is 12.0 Å². The average molecular weight is 351 g/mol. The Kier molecular flexibility index (Phi) is 5.30. The van der Waals surface area contributed by atoms with Gasteiger partial charge in [-0.3, -0.25) is 0 Å². The summed E-state index contributed by atoms with van der Waals surface area (Å²) in [5, 5.41) is 0. The molecule has 2 unspecified atom stereocenters.